The van der Waals surface area contributed by atoms with Gasteiger partial charge in [0.05, 0.1) is 6.54 Å². The molecule has 0 spiro atoms. The number of H-pyrrole nitrogens is 1. The lowest BCUT2D eigenvalue weighted by Crippen LogP contribution is -2.36. The number of benzene rings is 3. The maximum atomic E-state index is 12.7. The molecule has 1 atom stereocenters. The third-order valence-electron chi connectivity index (χ3n) is 4.96. The number of aromatic amines is 1. The van der Waals surface area contributed by atoms with Crippen molar-refractivity contribution in [1.82, 2.24) is 25.5 Å². The Morgan fingerprint density at radius 3 is 2.35 bits per heavy atom. The number of likely N-dealkylation sites (N-methyl/N-ethyl adjacent to an activating group) is 1. The quantitative estimate of drug-likeness (QED) is 0.329. The molecule has 1 unspecified atom stereocenters. The summed E-state index contributed by atoms with van der Waals surface area (Å²) >= 11 is 0. The number of nitrogens with one attached hydrogen (secondary N) is 2. The zero-order chi connectivity index (χ0) is 23.8. The summed E-state index contributed by atoms with van der Waals surface area (Å²) in [7, 11) is 1.78. The van der Waals surface area contributed by atoms with Gasteiger partial charge in [-0.25, -0.2) is 5.10 Å². The van der Waals surface area contributed by atoms with E-state index in [9.17, 15) is 9.90 Å². The van der Waals surface area contributed by atoms with Crippen LogP contribution in [0, 0.1) is 0 Å². The fourth-order valence-electron chi connectivity index (χ4n) is 3.21. The van der Waals surface area contributed by atoms with Crippen LogP contribution in [-0.2, 0) is 4.79 Å². The van der Waals surface area contributed by atoms with Gasteiger partial charge in [-0.3, -0.25) is 9.69 Å². The van der Waals surface area contributed by atoms with Gasteiger partial charge in [0, 0.05) is 5.69 Å². The molecular weight excluding hydrogens is 436 g/mol. The zero-order valence-corrected chi connectivity index (χ0v) is 18.5. The molecule has 0 saturated heterocycles. The van der Waals surface area contributed by atoms with Crippen LogP contribution in [0.4, 0.5) is 5.69 Å². The van der Waals surface area contributed by atoms with E-state index in [1.165, 1.54) is 12.1 Å². The molecule has 10 nitrogen and oxygen atoms in total. The number of phenolic OH excluding ortho intramolecular Hbond substituents is 1. The van der Waals surface area contributed by atoms with Crippen LogP contribution in [-0.4, -0.2) is 56.7 Å². The highest BCUT2D eigenvalue weighted by molar-refractivity contribution is 5.92. The van der Waals surface area contributed by atoms with Crippen LogP contribution in [0.15, 0.2) is 78.9 Å². The summed E-state index contributed by atoms with van der Waals surface area (Å²) in [5.74, 6) is 2.40. The number of hydrogen-bond acceptors (Lipinski definition) is 8. The zero-order valence-electron chi connectivity index (χ0n) is 18.5. The van der Waals surface area contributed by atoms with E-state index in [0.29, 0.717) is 23.0 Å². The Morgan fingerprint density at radius 1 is 1.00 bits per heavy atom. The second kappa shape index (κ2) is 10.9. The van der Waals surface area contributed by atoms with Gasteiger partial charge in [-0.15, -0.1) is 5.10 Å². The first-order valence-electron chi connectivity index (χ1n) is 10.6. The highest BCUT2D eigenvalue weighted by Gasteiger charge is 2.23. The molecule has 0 radical (unpaired) electrons. The first-order valence-corrected chi connectivity index (χ1v) is 10.6. The van der Waals surface area contributed by atoms with Crippen molar-refractivity contribution in [3.05, 3.63) is 84.7 Å². The Morgan fingerprint density at radius 2 is 1.68 bits per heavy atom. The van der Waals surface area contributed by atoms with Gasteiger partial charge < -0.3 is 19.9 Å². The average Bonchev–Trinajstić information content (AvgIpc) is 3.37. The normalized spacial score (nSPS) is 11.7. The fraction of sp³-hybridized carbons (Fsp3) is 0.167. The lowest BCUT2D eigenvalue weighted by molar-refractivity contribution is -0.117. The molecule has 4 rings (SSSR count). The number of nitrogens with zero attached hydrogens (tertiary/aromatic N) is 4. The minimum Gasteiger partial charge on any atom is -0.508 e. The van der Waals surface area contributed by atoms with E-state index in [2.05, 4.69) is 25.9 Å². The number of para-hydroxylation sites is 1. The lowest BCUT2D eigenvalue weighted by Gasteiger charge is -2.25. The number of amides is 1. The summed E-state index contributed by atoms with van der Waals surface area (Å²) in [6.07, 6.45) is 0. The molecule has 3 aromatic carbocycles. The van der Waals surface area contributed by atoms with Gasteiger partial charge in [0.15, 0.2) is 5.82 Å². The third-order valence-corrected chi connectivity index (χ3v) is 4.96. The topological polar surface area (TPSA) is 125 Å². The molecule has 1 aromatic heterocycles. The number of aromatic hydroxyl groups is 1. The van der Waals surface area contributed by atoms with E-state index in [0.717, 1.165) is 5.75 Å². The minimum atomic E-state index is -0.406. The number of carbonyl (C=O) groups excluding carboxylic acids is 1. The van der Waals surface area contributed by atoms with Crippen LogP contribution < -0.4 is 14.8 Å². The van der Waals surface area contributed by atoms with Gasteiger partial charge in [-0.2, -0.15) is 0 Å². The SMILES string of the molecule is CN(CC(=O)Nc1ccc(Oc2ccccc2)cc1)C(COc1ccc(O)cc1)c1nnn[nH]1. The van der Waals surface area contributed by atoms with E-state index in [1.807, 2.05) is 30.3 Å². The largest absolute Gasteiger partial charge is 0.508 e. The van der Waals surface area contributed by atoms with Crippen molar-refractivity contribution in [3.8, 4) is 23.0 Å². The van der Waals surface area contributed by atoms with Crippen molar-refractivity contribution >= 4 is 11.6 Å². The third kappa shape index (κ3) is 6.30. The number of hydrogen-bond donors (Lipinski definition) is 3. The van der Waals surface area contributed by atoms with Gasteiger partial charge in [0.2, 0.25) is 5.91 Å². The summed E-state index contributed by atoms with van der Waals surface area (Å²) in [6.45, 7) is 0.267. The summed E-state index contributed by atoms with van der Waals surface area (Å²) in [5, 5.41) is 26.3. The number of carbonyl (C=O) groups is 1. The first-order chi connectivity index (χ1) is 16.6. The molecule has 1 heterocycles. The lowest BCUT2D eigenvalue weighted by atomic mass is 10.2. The van der Waals surface area contributed by atoms with Crippen molar-refractivity contribution in [2.24, 2.45) is 0 Å². The maximum absolute atomic E-state index is 12.7. The molecular formula is C24H24N6O4. The van der Waals surface area contributed by atoms with Crippen LogP contribution in [0.1, 0.15) is 11.9 Å². The summed E-state index contributed by atoms with van der Waals surface area (Å²) in [6, 6.07) is 22.6. The maximum Gasteiger partial charge on any atom is 0.238 e. The summed E-state index contributed by atoms with van der Waals surface area (Å²) in [4.78, 5) is 14.5. The van der Waals surface area contributed by atoms with E-state index in [4.69, 9.17) is 9.47 Å². The van der Waals surface area contributed by atoms with Crippen molar-refractivity contribution < 1.29 is 19.4 Å². The van der Waals surface area contributed by atoms with Crippen LogP contribution in [0.2, 0.25) is 0 Å². The number of tetrazole rings is 1. The monoisotopic (exact) mass is 460 g/mol. The van der Waals surface area contributed by atoms with Crippen LogP contribution >= 0.6 is 0 Å². The second-order valence-corrected chi connectivity index (χ2v) is 7.51. The minimum absolute atomic E-state index is 0.0760. The van der Waals surface area contributed by atoms with Gasteiger partial charge in [-0.05, 0) is 78.1 Å². The summed E-state index contributed by atoms with van der Waals surface area (Å²) < 4.78 is 11.6. The second-order valence-electron chi connectivity index (χ2n) is 7.51. The molecule has 0 saturated carbocycles. The Labute approximate surface area is 196 Å². The van der Waals surface area contributed by atoms with Gasteiger partial charge in [0.25, 0.3) is 0 Å². The molecule has 34 heavy (non-hydrogen) atoms. The Kier molecular flexibility index (Phi) is 7.31. The molecule has 4 aromatic rings. The Bertz CT molecular complexity index is 1170. The van der Waals surface area contributed by atoms with Crippen LogP contribution in [0.25, 0.3) is 0 Å². The standard InChI is InChI=1S/C24H24N6O4/c1-30(22(24-26-28-29-27-24)16-33-19-13-9-18(31)10-14-19)15-23(32)25-17-7-11-21(12-8-17)34-20-5-3-2-4-6-20/h2-14,22,31H,15-16H2,1H3,(H,25,32)(H,26,27,28,29). The predicted molar refractivity (Wildman–Crippen MR) is 125 cm³/mol. The fourth-order valence-corrected chi connectivity index (χ4v) is 3.21. The number of aromatic nitrogens is 4. The van der Waals surface area contributed by atoms with Crippen molar-refractivity contribution in [2.45, 2.75) is 6.04 Å². The Hall–Kier alpha value is -4.44. The van der Waals surface area contributed by atoms with Crippen LogP contribution in [0.3, 0.4) is 0 Å². The Balaban J connectivity index is 1.34. The van der Waals surface area contributed by atoms with Gasteiger partial charge >= 0.3 is 0 Å². The van der Waals surface area contributed by atoms with Crippen molar-refractivity contribution in [3.63, 3.8) is 0 Å². The number of phenols is 1. The molecule has 0 aliphatic heterocycles. The van der Waals surface area contributed by atoms with Crippen LogP contribution in [0.5, 0.6) is 23.0 Å². The number of anilines is 1. The number of rotatable bonds is 10. The smallest absolute Gasteiger partial charge is 0.238 e. The van der Waals surface area contributed by atoms with E-state index in [1.54, 1.807) is 48.3 Å². The average molecular weight is 460 g/mol. The van der Waals surface area contributed by atoms with E-state index < -0.39 is 6.04 Å². The molecule has 3 N–H and O–H groups in total. The number of ether oxygens (including phenoxy) is 2. The first kappa shape index (κ1) is 22.7. The molecule has 0 aliphatic rings. The molecule has 0 bridgehead atoms. The molecule has 174 valence electrons. The molecule has 0 fully saturated rings. The highest BCUT2D eigenvalue weighted by atomic mass is 16.5. The molecule has 10 heteroatoms. The van der Waals surface area contributed by atoms with Gasteiger partial charge in [-0.1, -0.05) is 18.2 Å². The van der Waals surface area contributed by atoms with E-state index in [-0.39, 0.29) is 24.8 Å². The molecule has 0 aliphatic carbocycles. The molecule has 1 amide bonds. The summed E-state index contributed by atoms with van der Waals surface area (Å²) in [5.41, 5.74) is 0.650. The van der Waals surface area contributed by atoms with E-state index >= 15 is 0 Å². The van der Waals surface area contributed by atoms with Gasteiger partial charge in [0.1, 0.15) is 35.6 Å². The highest BCUT2D eigenvalue weighted by Crippen LogP contribution is 2.23. The predicted octanol–water partition coefficient (Wildman–Crippen LogP) is 3.39. The van der Waals surface area contributed by atoms with Crippen molar-refractivity contribution in [1.29, 1.82) is 0 Å². The van der Waals surface area contributed by atoms with Crippen molar-refractivity contribution in [2.75, 3.05) is 25.5 Å².